The Bertz CT molecular complexity index is 1440. The Kier molecular flexibility index (Phi) is 5.71. The van der Waals surface area contributed by atoms with Crippen LogP contribution in [0.25, 0.3) is 38.8 Å². The molecule has 6 heteroatoms. The third-order valence-corrected chi connectivity index (χ3v) is 6.22. The van der Waals surface area contributed by atoms with Gasteiger partial charge in [-0.1, -0.05) is 30.3 Å². The van der Waals surface area contributed by atoms with E-state index < -0.39 is 0 Å². The molecule has 0 unspecified atom stereocenters. The zero-order valence-electron chi connectivity index (χ0n) is 18.0. The van der Waals surface area contributed by atoms with Crippen LogP contribution in [0.4, 0.5) is 0 Å². The smallest absolute Gasteiger partial charge is 0.135 e. The van der Waals surface area contributed by atoms with Crippen LogP contribution in [0.15, 0.2) is 85.1 Å². The topological polar surface area (TPSA) is 63.7 Å². The van der Waals surface area contributed by atoms with Crippen LogP contribution < -0.4 is 4.74 Å². The fourth-order valence-corrected chi connectivity index (χ4v) is 4.52. The first-order chi connectivity index (χ1) is 16.2. The van der Waals surface area contributed by atoms with Crippen LogP contribution in [0, 0.1) is 11.3 Å². The quantitative estimate of drug-likeness (QED) is 0.274. The Labute approximate surface area is 195 Å². The number of aromatic nitrogens is 3. The summed E-state index contributed by atoms with van der Waals surface area (Å²) in [5, 5.41) is 15.5. The van der Waals surface area contributed by atoms with E-state index in [2.05, 4.69) is 11.1 Å². The molecule has 5 rings (SSSR count). The maximum absolute atomic E-state index is 9.95. The number of hydrogen-bond donors (Lipinski definition) is 0. The molecule has 0 N–H and O–H groups in total. The van der Waals surface area contributed by atoms with Crippen molar-refractivity contribution in [2.24, 2.45) is 0 Å². The number of benzene rings is 3. The van der Waals surface area contributed by atoms with Crippen molar-refractivity contribution in [3.63, 3.8) is 0 Å². The molecule has 0 radical (unpaired) electrons. The number of fused-ring (bicyclic) bond motifs is 1. The van der Waals surface area contributed by atoms with Gasteiger partial charge in [-0.05, 0) is 61.5 Å². The molecule has 0 fully saturated rings. The fraction of sp³-hybridized carbons (Fsp3) is 0.0741. The second kappa shape index (κ2) is 9.11. The summed E-state index contributed by atoms with van der Waals surface area (Å²) in [5.74, 6) is 0.813. The van der Waals surface area contributed by atoms with Crippen LogP contribution >= 0.6 is 11.3 Å². The molecule has 0 aliphatic heterocycles. The highest BCUT2D eigenvalue weighted by atomic mass is 32.1. The highest BCUT2D eigenvalue weighted by Gasteiger charge is 2.15. The lowest BCUT2D eigenvalue weighted by Gasteiger charge is -2.04. The molecule has 0 spiro atoms. The zero-order valence-corrected chi connectivity index (χ0v) is 18.8. The maximum Gasteiger partial charge on any atom is 0.135 e. The SMILES string of the molecule is CCOc1ccc(-c2nn(-c3ccccc3)cc2C=C(C#N)c2nc3ccccc3s2)cc1. The second-order valence-corrected chi connectivity index (χ2v) is 8.36. The van der Waals surface area contributed by atoms with E-state index in [0.29, 0.717) is 17.2 Å². The van der Waals surface area contributed by atoms with Crippen LogP contribution in [0.2, 0.25) is 0 Å². The van der Waals surface area contributed by atoms with Crippen LogP contribution in [0.1, 0.15) is 17.5 Å². The Morgan fingerprint density at radius 1 is 1.03 bits per heavy atom. The Balaban J connectivity index is 1.62. The summed E-state index contributed by atoms with van der Waals surface area (Å²) in [4.78, 5) is 4.66. The number of thiazole rings is 1. The number of rotatable bonds is 6. The van der Waals surface area contributed by atoms with E-state index in [1.54, 1.807) is 0 Å². The molecule has 3 aromatic carbocycles. The number of nitrogens with zero attached hydrogens (tertiary/aromatic N) is 4. The van der Waals surface area contributed by atoms with Gasteiger partial charge >= 0.3 is 0 Å². The van der Waals surface area contributed by atoms with Crippen LogP contribution in [0.5, 0.6) is 5.75 Å². The first-order valence-corrected chi connectivity index (χ1v) is 11.4. The molecule has 0 saturated heterocycles. The minimum absolute atomic E-state index is 0.510. The summed E-state index contributed by atoms with van der Waals surface area (Å²) in [5.41, 5.74) is 4.93. The average Bonchev–Trinajstić information content (AvgIpc) is 3.48. The standard InChI is InChI=1S/C27H20N4OS/c1-2-32-23-14-12-19(13-15-23)26-21(18-31(30-26)22-8-4-3-5-9-22)16-20(17-28)27-29-24-10-6-7-11-25(24)33-27/h3-16,18H,2H2,1H3. The van der Waals surface area contributed by atoms with Gasteiger partial charge in [-0.2, -0.15) is 10.4 Å². The van der Waals surface area contributed by atoms with E-state index in [1.165, 1.54) is 11.3 Å². The number of para-hydroxylation sites is 2. The van der Waals surface area contributed by atoms with E-state index in [-0.39, 0.29) is 0 Å². The molecular formula is C27H20N4OS. The van der Waals surface area contributed by atoms with E-state index in [9.17, 15) is 5.26 Å². The molecule has 5 aromatic rings. The van der Waals surface area contributed by atoms with Crippen molar-refractivity contribution in [3.05, 3.63) is 95.6 Å². The summed E-state index contributed by atoms with van der Waals surface area (Å²) in [6, 6.07) is 28.0. The van der Waals surface area contributed by atoms with Crippen molar-refractivity contribution in [2.75, 3.05) is 6.61 Å². The minimum Gasteiger partial charge on any atom is -0.494 e. The molecular weight excluding hydrogens is 428 g/mol. The Morgan fingerprint density at radius 2 is 1.79 bits per heavy atom. The minimum atomic E-state index is 0.510. The lowest BCUT2D eigenvalue weighted by molar-refractivity contribution is 0.340. The summed E-state index contributed by atoms with van der Waals surface area (Å²) in [6.45, 7) is 2.58. The van der Waals surface area contributed by atoms with Gasteiger partial charge in [-0.15, -0.1) is 11.3 Å². The predicted molar refractivity (Wildman–Crippen MR) is 133 cm³/mol. The van der Waals surface area contributed by atoms with Crippen molar-refractivity contribution < 1.29 is 4.74 Å². The zero-order chi connectivity index (χ0) is 22.6. The molecule has 0 atom stereocenters. The summed E-state index contributed by atoms with van der Waals surface area (Å²) >= 11 is 1.52. The average molecular weight is 449 g/mol. The lowest BCUT2D eigenvalue weighted by Crippen LogP contribution is -1.94. The third-order valence-electron chi connectivity index (χ3n) is 5.15. The van der Waals surface area contributed by atoms with E-state index in [1.807, 2.05) is 103 Å². The molecule has 160 valence electrons. The van der Waals surface area contributed by atoms with Crippen LogP contribution in [-0.2, 0) is 0 Å². The molecule has 0 aliphatic carbocycles. The fourth-order valence-electron chi connectivity index (χ4n) is 3.59. The van der Waals surface area contributed by atoms with Gasteiger partial charge in [0.25, 0.3) is 0 Å². The molecule has 2 aromatic heterocycles. The molecule has 0 aliphatic rings. The second-order valence-electron chi connectivity index (χ2n) is 7.33. The Hall–Kier alpha value is -4.21. The highest BCUT2D eigenvalue weighted by Crippen LogP contribution is 2.31. The van der Waals surface area contributed by atoms with Gasteiger partial charge in [0.15, 0.2) is 0 Å². The number of nitriles is 1. The normalized spacial score (nSPS) is 11.5. The van der Waals surface area contributed by atoms with Crippen molar-refractivity contribution >= 4 is 33.2 Å². The maximum atomic E-state index is 9.95. The number of ether oxygens (including phenoxy) is 1. The van der Waals surface area contributed by atoms with E-state index in [4.69, 9.17) is 9.84 Å². The van der Waals surface area contributed by atoms with E-state index >= 15 is 0 Å². The first kappa shape index (κ1) is 20.7. The molecule has 0 bridgehead atoms. The van der Waals surface area contributed by atoms with Gasteiger partial charge in [0.05, 0.1) is 33.8 Å². The van der Waals surface area contributed by atoms with Crippen molar-refractivity contribution in [1.29, 1.82) is 5.26 Å². The molecule has 0 amide bonds. The monoisotopic (exact) mass is 448 g/mol. The molecule has 2 heterocycles. The molecule has 5 nitrogen and oxygen atoms in total. The highest BCUT2D eigenvalue weighted by molar-refractivity contribution is 7.19. The third kappa shape index (κ3) is 4.27. The van der Waals surface area contributed by atoms with Gasteiger partial charge in [-0.3, -0.25) is 0 Å². The van der Waals surface area contributed by atoms with Gasteiger partial charge in [0, 0.05) is 17.3 Å². The van der Waals surface area contributed by atoms with Crippen molar-refractivity contribution in [2.45, 2.75) is 6.92 Å². The largest absolute Gasteiger partial charge is 0.494 e. The summed E-state index contributed by atoms with van der Waals surface area (Å²) in [6.07, 6.45) is 3.82. The van der Waals surface area contributed by atoms with Gasteiger partial charge in [-0.25, -0.2) is 9.67 Å². The van der Waals surface area contributed by atoms with E-state index in [0.717, 1.165) is 38.5 Å². The summed E-state index contributed by atoms with van der Waals surface area (Å²) < 4.78 is 8.48. The first-order valence-electron chi connectivity index (χ1n) is 10.6. The van der Waals surface area contributed by atoms with Gasteiger partial charge in [0.1, 0.15) is 16.8 Å². The van der Waals surface area contributed by atoms with Crippen LogP contribution in [0.3, 0.4) is 0 Å². The van der Waals surface area contributed by atoms with Crippen molar-refractivity contribution in [3.8, 4) is 28.8 Å². The van der Waals surface area contributed by atoms with Crippen LogP contribution in [-0.4, -0.2) is 21.4 Å². The predicted octanol–water partition coefficient (Wildman–Crippen LogP) is 6.61. The Morgan fingerprint density at radius 3 is 2.52 bits per heavy atom. The molecule has 33 heavy (non-hydrogen) atoms. The molecule has 0 saturated carbocycles. The summed E-state index contributed by atoms with van der Waals surface area (Å²) in [7, 11) is 0. The van der Waals surface area contributed by atoms with Gasteiger partial charge in [0.2, 0.25) is 0 Å². The van der Waals surface area contributed by atoms with Gasteiger partial charge < -0.3 is 4.74 Å². The number of allylic oxidation sites excluding steroid dienone is 1. The number of hydrogen-bond acceptors (Lipinski definition) is 5. The lowest BCUT2D eigenvalue weighted by atomic mass is 10.1. The van der Waals surface area contributed by atoms with Crippen molar-refractivity contribution in [1.82, 2.24) is 14.8 Å².